The minimum atomic E-state index is -3.50. The van der Waals surface area contributed by atoms with Crippen molar-refractivity contribution in [2.75, 3.05) is 18.8 Å². The number of nitrogens with zero attached hydrogens (tertiary/aromatic N) is 1. The summed E-state index contributed by atoms with van der Waals surface area (Å²) in [6.45, 7) is 0.546. The van der Waals surface area contributed by atoms with Gasteiger partial charge < -0.3 is 10.5 Å². The van der Waals surface area contributed by atoms with E-state index in [9.17, 15) is 13.2 Å². The summed E-state index contributed by atoms with van der Waals surface area (Å²) < 4.78 is 26.9. The Morgan fingerprint density at radius 3 is 2.61 bits per heavy atom. The second-order valence-electron chi connectivity index (χ2n) is 4.22. The summed E-state index contributed by atoms with van der Waals surface area (Å²) in [5.41, 5.74) is 7.25. The lowest BCUT2D eigenvalue weighted by atomic mass is 10.1. The number of carbonyl (C=O) groups excluding carboxylic acids is 1. The zero-order chi connectivity index (χ0) is 13.2. The summed E-state index contributed by atoms with van der Waals surface area (Å²) in [7, 11) is -3.50. The first kappa shape index (κ1) is 13.0. The molecule has 1 aromatic carbocycles. The van der Waals surface area contributed by atoms with Crippen LogP contribution in [0.25, 0.3) is 0 Å². The van der Waals surface area contributed by atoms with Crippen LogP contribution in [0.2, 0.25) is 0 Å². The molecule has 3 N–H and O–H groups in total. The second-order valence-corrected chi connectivity index (χ2v) is 5.92. The number of anilines is 1. The SMILES string of the molecule is Nc1ccc(CCN2CC(C=O)NS2(=O)=O)cc1. The monoisotopic (exact) mass is 269 g/mol. The smallest absolute Gasteiger partial charge is 0.280 e. The maximum atomic E-state index is 11.6. The van der Waals surface area contributed by atoms with Crippen LogP contribution in [-0.4, -0.2) is 38.1 Å². The molecule has 1 saturated heterocycles. The van der Waals surface area contributed by atoms with Crippen LogP contribution in [0.3, 0.4) is 0 Å². The van der Waals surface area contributed by atoms with Crippen LogP contribution in [0, 0.1) is 0 Å². The summed E-state index contributed by atoms with van der Waals surface area (Å²) in [6.07, 6.45) is 1.20. The average Bonchev–Trinajstić information content (AvgIpc) is 2.63. The molecular weight excluding hydrogens is 254 g/mol. The van der Waals surface area contributed by atoms with Gasteiger partial charge in [-0.3, -0.25) is 0 Å². The summed E-state index contributed by atoms with van der Waals surface area (Å²) >= 11 is 0. The van der Waals surface area contributed by atoms with Gasteiger partial charge in [0.25, 0.3) is 10.2 Å². The van der Waals surface area contributed by atoms with Crippen LogP contribution in [0.1, 0.15) is 5.56 Å². The minimum absolute atomic E-state index is 0.195. The van der Waals surface area contributed by atoms with E-state index in [1.165, 1.54) is 4.31 Å². The molecule has 0 radical (unpaired) electrons. The highest BCUT2D eigenvalue weighted by Gasteiger charge is 2.34. The van der Waals surface area contributed by atoms with Gasteiger partial charge in [-0.05, 0) is 24.1 Å². The molecule has 0 amide bonds. The molecule has 1 aliphatic rings. The van der Waals surface area contributed by atoms with Gasteiger partial charge in [0.2, 0.25) is 0 Å². The average molecular weight is 269 g/mol. The summed E-state index contributed by atoms with van der Waals surface area (Å²) in [5.74, 6) is 0. The number of rotatable bonds is 4. The lowest BCUT2D eigenvalue weighted by Crippen LogP contribution is -2.31. The molecular formula is C11H15N3O3S. The largest absolute Gasteiger partial charge is 0.399 e. The van der Waals surface area contributed by atoms with Gasteiger partial charge >= 0.3 is 0 Å². The first-order chi connectivity index (χ1) is 8.51. The number of nitrogen functional groups attached to an aromatic ring is 1. The third-order valence-electron chi connectivity index (χ3n) is 2.83. The molecule has 0 saturated carbocycles. The van der Waals surface area contributed by atoms with Crippen molar-refractivity contribution in [1.82, 2.24) is 9.03 Å². The maximum absolute atomic E-state index is 11.6. The van der Waals surface area contributed by atoms with Crippen molar-refractivity contribution in [2.45, 2.75) is 12.5 Å². The molecule has 1 aliphatic heterocycles. The minimum Gasteiger partial charge on any atom is -0.399 e. The third kappa shape index (κ3) is 2.87. The normalized spacial score (nSPS) is 23.0. The number of carbonyl (C=O) groups is 1. The van der Waals surface area contributed by atoms with Gasteiger partial charge in [-0.15, -0.1) is 0 Å². The fourth-order valence-electron chi connectivity index (χ4n) is 1.84. The van der Waals surface area contributed by atoms with E-state index in [-0.39, 0.29) is 6.54 Å². The predicted molar refractivity (Wildman–Crippen MR) is 68.0 cm³/mol. The Kier molecular flexibility index (Phi) is 3.65. The molecule has 1 unspecified atom stereocenters. The Labute approximate surface area is 106 Å². The summed E-state index contributed by atoms with van der Waals surface area (Å²) in [4.78, 5) is 10.6. The molecule has 0 aliphatic carbocycles. The maximum Gasteiger partial charge on any atom is 0.280 e. The van der Waals surface area contributed by atoms with Crippen LogP contribution in [-0.2, 0) is 21.4 Å². The zero-order valence-corrected chi connectivity index (χ0v) is 10.6. The van der Waals surface area contributed by atoms with E-state index < -0.39 is 16.3 Å². The molecule has 1 aromatic rings. The number of nitrogens with one attached hydrogen (secondary N) is 1. The van der Waals surface area contributed by atoms with Crippen molar-refractivity contribution in [3.63, 3.8) is 0 Å². The molecule has 98 valence electrons. The number of benzene rings is 1. The molecule has 1 heterocycles. The van der Waals surface area contributed by atoms with Crippen molar-refractivity contribution in [3.05, 3.63) is 29.8 Å². The van der Waals surface area contributed by atoms with Crippen LogP contribution < -0.4 is 10.5 Å². The van der Waals surface area contributed by atoms with E-state index in [1.54, 1.807) is 12.1 Å². The van der Waals surface area contributed by atoms with Gasteiger partial charge in [0, 0.05) is 18.8 Å². The molecule has 0 aromatic heterocycles. The Bertz CT molecular complexity index is 527. The van der Waals surface area contributed by atoms with Crippen molar-refractivity contribution in [1.29, 1.82) is 0 Å². The van der Waals surface area contributed by atoms with Gasteiger partial charge in [0.15, 0.2) is 0 Å². The Balaban J connectivity index is 1.98. The molecule has 2 rings (SSSR count). The molecule has 1 fully saturated rings. The topological polar surface area (TPSA) is 92.5 Å². The summed E-state index contributed by atoms with van der Waals surface area (Å²) in [5, 5.41) is 0. The van der Waals surface area contributed by atoms with Gasteiger partial charge in [0.1, 0.15) is 6.29 Å². The first-order valence-electron chi connectivity index (χ1n) is 5.58. The van der Waals surface area contributed by atoms with E-state index in [4.69, 9.17) is 5.73 Å². The molecule has 0 spiro atoms. The van der Waals surface area contributed by atoms with Gasteiger partial charge in [-0.2, -0.15) is 17.4 Å². The molecule has 6 nitrogen and oxygen atoms in total. The first-order valence-corrected chi connectivity index (χ1v) is 7.02. The van der Waals surface area contributed by atoms with Crippen molar-refractivity contribution in [3.8, 4) is 0 Å². The molecule has 7 heteroatoms. The molecule has 0 bridgehead atoms. The quantitative estimate of drug-likeness (QED) is 0.571. The predicted octanol–water partition coefficient (Wildman–Crippen LogP) is -0.471. The highest BCUT2D eigenvalue weighted by molar-refractivity contribution is 7.87. The Morgan fingerprint density at radius 1 is 1.39 bits per heavy atom. The van der Waals surface area contributed by atoms with Crippen molar-refractivity contribution in [2.24, 2.45) is 0 Å². The van der Waals surface area contributed by atoms with Gasteiger partial charge in [-0.25, -0.2) is 0 Å². The highest BCUT2D eigenvalue weighted by Crippen LogP contribution is 2.12. The zero-order valence-electron chi connectivity index (χ0n) is 9.74. The Morgan fingerprint density at radius 2 is 2.06 bits per heavy atom. The van der Waals surface area contributed by atoms with E-state index >= 15 is 0 Å². The third-order valence-corrected chi connectivity index (χ3v) is 4.45. The fraction of sp³-hybridized carbons (Fsp3) is 0.364. The second kappa shape index (κ2) is 5.05. The summed E-state index contributed by atoms with van der Waals surface area (Å²) in [6, 6.07) is 6.65. The van der Waals surface area contributed by atoms with Crippen LogP contribution in [0.5, 0.6) is 0 Å². The van der Waals surface area contributed by atoms with Gasteiger partial charge in [-0.1, -0.05) is 12.1 Å². The Hall–Kier alpha value is -1.44. The molecule has 18 heavy (non-hydrogen) atoms. The lowest BCUT2D eigenvalue weighted by molar-refractivity contribution is -0.109. The van der Waals surface area contributed by atoms with Crippen LogP contribution in [0.15, 0.2) is 24.3 Å². The molecule has 1 atom stereocenters. The van der Waals surface area contributed by atoms with E-state index in [0.29, 0.717) is 24.9 Å². The van der Waals surface area contributed by atoms with E-state index in [2.05, 4.69) is 4.72 Å². The van der Waals surface area contributed by atoms with Gasteiger partial charge in [0.05, 0.1) is 6.04 Å². The lowest BCUT2D eigenvalue weighted by Gasteiger charge is -2.12. The van der Waals surface area contributed by atoms with Crippen molar-refractivity contribution >= 4 is 22.2 Å². The van der Waals surface area contributed by atoms with Crippen LogP contribution >= 0.6 is 0 Å². The number of hydrogen-bond donors (Lipinski definition) is 2. The van der Waals surface area contributed by atoms with Crippen molar-refractivity contribution < 1.29 is 13.2 Å². The number of nitrogens with two attached hydrogens (primary N) is 1. The standard InChI is InChI=1S/C11H15N3O3S/c12-10-3-1-9(2-4-10)5-6-14-7-11(8-15)13-18(14,16)17/h1-4,8,11,13H,5-7,12H2. The number of hydrogen-bond acceptors (Lipinski definition) is 4. The van der Waals surface area contributed by atoms with Crippen LogP contribution in [0.4, 0.5) is 5.69 Å². The fourth-order valence-corrected chi connectivity index (χ4v) is 3.19. The highest BCUT2D eigenvalue weighted by atomic mass is 32.2. The number of aldehydes is 1. The van der Waals surface area contributed by atoms with E-state index in [1.807, 2.05) is 12.1 Å². The van der Waals surface area contributed by atoms with E-state index in [0.717, 1.165) is 5.56 Å².